The molecule has 0 amide bonds. The van der Waals surface area contributed by atoms with Crippen LogP contribution in [-0.2, 0) is 0 Å². The van der Waals surface area contributed by atoms with E-state index in [1.807, 2.05) is 33.8 Å². The summed E-state index contributed by atoms with van der Waals surface area (Å²) in [6.45, 7) is 14.0. The van der Waals surface area contributed by atoms with Gasteiger partial charge in [0.2, 0.25) is 0 Å². The molecule has 0 heteroatoms. The van der Waals surface area contributed by atoms with Crippen LogP contribution in [0.2, 0.25) is 0 Å². The summed E-state index contributed by atoms with van der Waals surface area (Å²) in [4.78, 5) is 0. The molecule has 0 N–H and O–H groups in total. The third kappa shape index (κ3) is 10.1. The largest absolute Gasteiger partial charge is 0.0988 e. The van der Waals surface area contributed by atoms with E-state index in [-0.39, 0.29) is 7.43 Å². The number of hydrogen-bond donors (Lipinski definition) is 0. The fraction of sp³-hybridized carbons (Fsp3) is 0.647. The summed E-state index contributed by atoms with van der Waals surface area (Å²) in [5.41, 5.74) is 2.98. The van der Waals surface area contributed by atoms with E-state index in [2.05, 4.69) is 25.7 Å². The normalized spacial score (nSPS) is 13.9. The summed E-state index contributed by atoms with van der Waals surface area (Å²) in [6.07, 6.45) is 12.8. The molecule has 0 aromatic carbocycles. The SMILES string of the molecule is C.C=CC1=C(/C=C\CC)CCCC1.CC.CC. The van der Waals surface area contributed by atoms with Crippen molar-refractivity contribution in [1.82, 2.24) is 0 Å². The molecule has 0 saturated heterocycles. The van der Waals surface area contributed by atoms with E-state index in [0.29, 0.717) is 0 Å². The zero-order chi connectivity index (χ0) is 12.8. The highest BCUT2D eigenvalue weighted by molar-refractivity contribution is 5.33. The number of rotatable bonds is 3. The van der Waals surface area contributed by atoms with Crippen LogP contribution in [0.4, 0.5) is 0 Å². The minimum absolute atomic E-state index is 0. The molecule has 0 aromatic heterocycles. The first-order valence-electron chi connectivity index (χ1n) is 6.89. The van der Waals surface area contributed by atoms with E-state index in [1.165, 1.54) is 36.8 Å². The Kier molecular flexibility index (Phi) is 22.3. The van der Waals surface area contributed by atoms with Gasteiger partial charge in [-0.3, -0.25) is 0 Å². The van der Waals surface area contributed by atoms with Crippen molar-refractivity contribution in [2.75, 3.05) is 0 Å². The first-order valence-corrected chi connectivity index (χ1v) is 6.89. The molecule has 0 nitrogen and oxygen atoms in total. The van der Waals surface area contributed by atoms with Crippen molar-refractivity contribution in [3.63, 3.8) is 0 Å². The number of hydrogen-bond acceptors (Lipinski definition) is 0. The smallest absolute Gasteiger partial charge is 0.0276 e. The van der Waals surface area contributed by atoms with Gasteiger partial charge in [0.1, 0.15) is 0 Å². The highest BCUT2D eigenvalue weighted by Crippen LogP contribution is 2.26. The van der Waals surface area contributed by atoms with Gasteiger partial charge in [0, 0.05) is 0 Å². The summed E-state index contributed by atoms with van der Waals surface area (Å²) in [5, 5.41) is 0. The van der Waals surface area contributed by atoms with Crippen LogP contribution in [0.1, 0.15) is 74.1 Å². The predicted molar refractivity (Wildman–Crippen MR) is 84.5 cm³/mol. The average molecular weight is 238 g/mol. The van der Waals surface area contributed by atoms with E-state index in [9.17, 15) is 0 Å². The highest BCUT2D eigenvalue weighted by Gasteiger charge is 2.06. The molecule has 17 heavy (non-hydrogen) atoms. The standard InChI is InChI=1S/C12H18.2C2H6.CH4/c1-3-5-8-12-10-7-6-9-11(12)4-2;2*1-2;/h4-5,8H,2-3,6-7,9-10H2,1H3;2*1-2H3;1H4/b8-5-;;;. The second kappa shape index (κ2) is 17.6. The van der Waals surface area contributed by atoms with Gasteiger partial charge in [0.25, 0.3) is 0 Å². The Morgan fingerprint density at radius 2 is 1.47 bits per heavy atom. The Bertz CT molecular complexity index is 206. The maximum absolute atomic E-state index is 3.85. The van der Waals surface area contributed by atoms with Gasteiger partial charge in [-0.25, -0.2) is 0 Å². The Balaban J connectivity index is -0.000000355. The van der Waals surface area contributed by atoms with Crippen LogP contribution in [0.5, 0.6) is 0 Å². The topological polar surface area (TPSA) is 0 Å². The second-order valence-corrected chi connectivity index (χ2v) is 3.27. The fourth-order valence-corrected chi connectivity index (χ4v) is 1.64. The van der Waals surface area contributed by atoms with Crippen LogP contribution < -0.4 is 0 Å². The molecule has 0 fully saturated rings. The van der Waals surface area contributed by atoms with Crippen LogP contribution in [0.15, 0.2) is 36.0 Å². The molecule has 0 unspecified atom stereocenters. The lowest BCUT2D eigenvalue weighted by molar-refractivity contribution is 0.693. The third-order valence-corrected chi connectivity index (χ3v) is 2.36. The van der Waals surface area contributed by atoms with Crippen LogP contribution >= 0.6 is 0 Å². The molecule has 1 aliphatic rings. The van der Waals surface area contributed by atoms with E-state index in [4.69, 9.17) is 0 Å². The first kappa shape index (κ1) is 21.5. The lowest BCUT2D eigenvalue weighted by Gasteiger charge is -2.14. The third-order valence-electron chi connectivity index (χ3n) is 2.36. The Morgan fingerprint density at radius 1 is 1.00 bits per heavy atom. The van der Waals surface area contributed by atoms with Crippen molar-refractivity contribution in [3.8, 4) is 0 Å². The molecule has 102 valence electrons. The molecule has 1 rings (SSSR count). The molecule has 0 aromatic rings. The maximum atomic E-state index is 3.85. The van der Waals surface area contributed by atoms with Crippen LogP contribution in [0, 0.1) is 0 Å². The number of allylic oxidation sites excluding steroid dienone is 5. The van der Waals surface area contributed by atoms with E-state index in [1.54, 1.807) is 0 Å². The van der Waals surface area contributed by atoms with Gasteiger partial charge in [0.05, 0.1) is 0 Å². The second-order valence-electron chi connectivity index (χ2n) is 3.27. The summed E-state index contributed by atoms with van der Waals surface area (Å²) in [5.74, 6) is 0. The predicted octanol–water partition coefficient (Wildman–Crippen LogP) is 6.70. The molecule has 0 radical (unpaired) electrons. The minimum atomic E-state index is 0. The molecule has 0 atom stereocenters. The van der Waals surface area contributed by atoms with Gasteiger partial charge in [-0.15, -0.1) is 0 Å². The van der Waals surface area contributed by atoms with Crippen molar-refractivity contribution in [1.29, 1.82) is 0 Å². The summed E-state index contributed by atoms with van der Waals surface area (Å²) < 4.78 is 0. The van der Waals surface area contributed by atoms with Gasteiger partial charge in [-0.05, 0) is 43.3 Å². The van der Waals surface area contributed by atoms with Crippen molar-refractivity contribution >= 4 is 0 Å². The minimum Gasteiger partial charge on any atom is -0.0988 e. The first-order chi connectivity index (χ1) is 7.88. The van der Waals surface area contributed by atoms with Gasteiger partial charge >= 0.3 is 0 Å². The Labute approximate surface area is 111 Å². The lowest BCUT2D eigenvalue weighted by Crippen LogP contribution is -1.95. The van der Waals surface area contributed by atoms with Gasteiger partial charge < -0.3 is 0 Å². The van der Waals surface area contributed by atoms with Gasteiger partial charge in [-0.1, -0.05) is 66.9 Å². The highest BCUT2D eigenvalue weighted by atomic mass is 14.1. The Morgan fingerprint density at radius 3 is 1.88 bits per heavy atom. The van der Waals surface area contributed by atoms with Crippen LogP contribution in [0.25, 0.3) is 0 Å². The fourth-order valence-electron chi connectivity index (χ4n) is 1.64. The van der Waals surface area contributed by atoms with E-state index >= 15 is 0 Å². The van der Waals surface area contributed by atoms with Crippen molar-refractivity contribution in [3.05, 3.63) is 36.0 Å². The van der Waals surface area contributed by atoms with Crippen molar-refractivity contribution in [2.45, 2.75) is 74.1 Å². The Hall–Kier alpha value is -0.780. The average Bonchev–Trinajstić information content (AvgIpc) is 2.41. The lowest BCUT2D eigenvalue weighted by atomic mass is 9.91. The molecule has 0 saturated carbocycles. The molecule has 0 spiro atoms. The zero-order valence-corrected chi connectivity index (χ0v) is 12.0. The molecular weight excluding hydrogens is 204 g/mol. The van der Waals surface area contributed by atoms with E-state index < -0.39 is 0 Å². The van der Waals surface area contributed by atoms with Crippen LogP contribution in [0.3, 0.4) is 0 Å². The van der Waals surface area contributed by atoms with E-state index in [0.717, 1.165) is 6.42 Å². The molecule has 1 aliphatic carbocycles. The molecule has 0 bridgehead atoms. The summed E-state index contributed by atoms with van der Waals surface area (Å²) in [6, 6.07) is 0. The summed E-state index contributed by atoms with van der Waals surface area (Å²) in [7, 11) is 0. The monoisotopic (exact) mass is 238 g/mol. The maximum Gasteiger partial charge on any atom is -0.0276 e. The van der Waals surface area contributed by atoms with Gasteiger partial charge in [0.15, 0.2) is 0 Å². The quantitative estimate of drug-likeness (QED) is 0.513. The zero-order valence-electron chi connectivity index (χ0n) is 12.0. The summed E-state index contributed by atoms with van der Waals surface area (Å²) >= 11 is 0. The molecule has 0 heterocycles. The van der Waals surface area contributed by atoms with Crippen molar-refractivity contribution in [2.24, 2.45) is 0 Å². The molecule has 0 aliphatic heterocycles. The van der Waals surface area contributed by atoms with Gasteiger partial charge in [-0.2, -0.15) is 0 Å². The van der Waals surface area contributed by atoms with Crippen LogP contribution in [-0.4, -0.2) is 0 Å². The molecular formula is C17H34. The van der Waals surface area contributed by atoms with Crippen molar-refractivity contribution < 1.29 is 0 Å².